The topological polar surface area (TPSA) is 88.1 Å². The maximum absolute atomic E-state index is 12.5. The molecule has 0 aromatic heterocycles. The number of methoxy groups -OCH3 is 1. The average Bonchev–Trinajstić information content (AvgIpc) is 2.63. The highest BCUT2D eigenvalue weighted by Gasteiger charge is 2.23. The number of ether oxygens (including phenoxy) is 1. The summed E-state index contributed by atoms with van der Waals surface area (Å²) in [6.45, 7) is -0.413. The molecule has 10 heteroatoms. The number of rotatable bonds is 7. The normalized spacial score (nSPS) is 11.7. The summed E-state index contributed by atoms with van der Waals surface area (Å²) < 4.78 is 31.0. The van der Waals surface area contributed by atoms with Gasteiger partial charge in [0.2, 0.25) is 10.0 Å². The third-order valence-electron chi connectivity index (χ3n) is 3.47. The van der Waals surface area contributed by atoms with Crippen LogP contribution in [0.5, 0.6) is 5.75 Å². The van der Waals surface area contributed by atoms with E-state index in [1.807, 2.05) is 0 Å². The molecule has 2 aromatic rings. The number of nitrogens with one attached hydrogen (secondary N) is 1. The maximum atomic E-state index is 12.5. The summed E-state index contributed by atoms with van der Waals surface area (Å²) >= 11 is 11.7. The van der Waals surface area contributed by atoms with Crippen molar-refractivity contribution in [2.45, 2.75) is 4.90 Å². The molecule has 0 atom stereocenters. The lowest BCUT2D eigenvalue weighted by molar-refractivity contribution is -0.121. The molecule has 0 aliphatic heterocycles. The second kappa shape index (κ2) is 9.18. The van der Waals surface area contributed by atoms with Gasteiger partial charge in [-0.15, -0.1) is 0 Å². The Kier molecular flexibility index (Phi) is 7.20. The summed E-state index contributed by atoms with van der Waals surface area (Å²) in [5, 5.41) is 4.53. The minimum absolute atomic E-state index is 0.0479. The molecular weight excluding hydrogens is 413 g/mol. The van der Waals surface area contributed by atoms with Gasteiger partial charge in [-0.3, -0.25) is 4.79 Å². The lowest BCUT2D eigenvalue weighted by atomic mass is 10.2. The van der Waals surface area contributed by atoms with Gasteiger partial charge in [-0.2, -0.15) is 9.41 Å². The zero-order valence-electron chi connectivity index (χ0n) is 14.5. The van der Waals surface area contributed by atoms with E-state index in [1.54, 1.807) is 24.3 Å². The van der Waals surface area contributed by atoms with Crippen molar-refractivity contribution < 1.29 is 17.9 Å². The fourth-order valence-electron chi connectivity index (χ4n) is 2.04. The van der Waals surface area contributed by atoms with E-state index in [-0.39, 0.29) is 9.92 Å². The molecule has 144 valence electrons. The van der Waals surface area contributed by atoms with Crippen LogP contribution in [-0.2, 0) is 14.8 Å². The zero-order chi connectivity index (χ0) is 20.0. The highest BCUT2D eigenvalue weighted by Crippen LogP contribution is 2.27. The van der Waals surface area contributed by atoms with Crippen molar-refractivity contribution in [1.29, 1.82) is 0 Å². The molecule has 0 spiro atoms. The molecule has 27 heavy (non-hydrogen) atoms. The van der Waals surface area contributed by atoms with Gasteiger partial charge < -0.3 is 4.74 Å². The monoisotopic (exact) mass is 429 g/mol. The molecule has 0 aliphatic carbocycles. The number of likely N-dealkylation sites (N-methyl/N-ethyl adjacent to an activating group) is 1. The van der Waals surface area contributed by atoms with Crippen molar-refractivity contribution >= 4 is 45.3 Å². The molecule has 0 radical (unpaired) electrons. The second-order valence-electron chi connectivity index (χ2n) is 5.40. The van der Waals surface area contributed by atoms with E-state index in [0.717, 1.165) is 9.87 Å². The minimum Gasteiger partial charge on any atom is -0.495 e. The number of sulfonamides is 1. The Labute approximate surface area is 167 Å². The van der Waals surface area contributed by atoms with Gasteiger partial charge in [0.25, 0.3) is 5.91 Å². The molecular formula is C17H17Cl2N3O4S. The first-order chi connectivity index (χ1) is 12.7. The lowest BCUT2D eigenvalue weighted by Crippen LogP contribution is -2.36. The van der Waals surface area contributed by atoms with E-state index in [2.05, 4.69) is 10.5 Å². The van der Waals surface area contributed by atoms with Crippen molar-refractivity contribution in [3.8, 4) is 5.75 Å². The summed E-state index contributed by atoms with van der Waals surface area (Å²) in [5.74, 6) is -0.238. The molecule has 7 nitrogen and oxygen atoms in total. The smallest absolute Gasteiger partial charge is 0.255 e. The van der Waals surface area contributed by atoms with Crippen LogP contribution in [-0.4, -0.2) is 45.5 Å². The molecule has 0 aliphatic rings. The van der Waals surface area contributed by atoms with E-state index in [9.17, 15) is 13.2 Å². The first-order valence-electron chi connectivity index (χ1n) is 7.61. The summed E-state index contributed by atoms with van der Waals surface area (Å²) in [4.78, 5) is 11.9. The number of hydrogen-bond donors (Lipinski definition) is 1. The van der Waals surface area contributed by atoms with Gasteiger partial charge in [0.05, 0.1) is 29.8 Å². The van der Waals surface area contributed by atoms with Crippen LogP contribution in [0.3, 0.4) is 0 Å². The number of carbonyl (C=O) groups excluding carboxylic acids is 1. The Hall–Kier alpha value is -2.13. The van der Waals surface area contributed by atoms with Gasteiger partial charge in [0.15, 0.2) is 0 Å². The Morgan fingerprint density at radius 3 is 2.48 bits per heavy atom. The molecule has 0 heterocycles. The number of halogens is 2. The van der Waals surface area contributed by atoms with E-state index < -0.39 is 22.5 Å². The summed E-state index contributed by atoms with van der Waals surface area (Å²) in [6, 6.07) is 10.9. The number of hydrogen-bond acceptors (Lipinski definition) is 5. The molecule has 1 amide bonds. The Morgan fingerprint density at radius 1 is 1.22 bits per heavy atom. The second-order valence-corrected chi connectivity index (χ2v) is 8.29. The fourth-order valence-corrected chi connectivity index (χ4v) is 3.64. The van der Waals surface area contributed by atoms with Gasteiger partial charge in [-0.05, 0) is 35.9 Å². The highest BCUT2D eigenvalue weighted by molar-refractivity contribution is 7.89. The minimum atomic E-state index is -3.90. The molecule has 0 fully saturated rings. The Morgan fingerprint density at radius 2 is 1.89 bits per heavy atom. The Balaban J connectivity index is 2.00. The van der Waals surface area contributed by atoms with Gasteiger partial charge in [-0.1, -0.05) is 35.3 Å². The number of amides is 1. The quantitative estimate of drug-likeness (QED) is 0.541. The third-order valence-corrected chi connectivity index (χ3v) is 5.82. The SMILES string of the molecule is COc1ccc(S(=O)(=O)N(C)CC(=O)N/N=C/c2ccc(Cl)cc2)cc1Cl. The predicted molar refractivity (Wildman–Crippen MR) is 105 cm³/mol. The van der Waals surface area contributed by atoms with Crippen molar-refractivity contribution in [3.05, 3.63) is 58.1 Å². The van der Waals surface area contributed by atoms with Gasteiger partial charge >= 0.3 is 0 Å². The van der Waals surface area contributed by atoms with Gasteiger partial charge in [0, 0.05) is 12.1 Å². The fraction of sp³-hybridized carbons (Fsp3) is 0.176. The number of carbonyl (C=O) groups is 1. The molecule has 2 rings (SSSR count). The van der Waals surface area contributed by atoms with Crippen molar-refractivity contribution in [2.75, 3.05) is 20.7 Å². The number of nitrogens with zero attached hydrogens (tertiary/aromatic N) is 2. The standard InChI is InChI=1S/C17H17Cl2N3O4S/c1-22(27(24,25)14-7-8-16(26-2)15(19)9-14)11-17(23)21-20-10-12-3-5-13(18)6-4-12/h3-10H,11H2,1-2H3,(H,21,23)/b20-10+. The largest absolute Gasteiger partial charge is 0.495 e. The van der Waals surface area contributed by atoms with Gasteiger partial charge in [-0.25, -0.2) is 13.8 Å². The highest BCUT2D eigenvalue weighted by atomic mass is 35.5. The first-order valence-corrected chi connectivity index (χ1v) is 9.81. The maximum Gasteiger partial charge on any atom is 0.255 e. The van der Waals surface area contributed by atoms with Crippen LogP contribution in [0.4, 0.5) is 0 Å². The van der Waals surface area contributed by atoms with Crippen LogP contribution in [0.1, 0.15) is 5.56 Å². The molecule has 0 saturated heterocycles. The molecule has 0 bridgehead atoms. The van der Waals surface area contributed by atoms with E-state index in [0.29, 0.717) is 10.8 Å². The number of benzene rings is 2. The molecule has 0 saturated carbocycles. The van der Waals surface area contributed by atoms with Crippen LogP contribution >= 0.6 is 23.2 Å². The van der Waals surface area contributed by atoms with Crippen LogP contribution in [0, 0.1) is 0 Å². The first kappa shape index (κ1) is 21.2. The summed E-state index contributed by atoms with van der Waals surface area (Å²) in [7, 11) is -1.18. The van der Waals surface area contributed by atoms with Crippen molar-refractivity contribution in [1.82, 2.24) is 9.73 Å². The average molecular weight is 430 g/mol. The Bertz CT molecular complexity index is 947. The van der Waals surface area contributed by atoms with E-state index >= 15 is 0 Å². The zero-order valence-corrected chi connectivity index (χ0v) is 16.8. The molecule has 2 aromatic carbocycles. The van der Waals surface area contributed by atoms with Gasteiger partial charge in [0.1, 0.15) is 5.75 Å². The molecule has 1 N–H and O–H groups in total. The van der Waals surface area contributed by atoms with Crippen LogP contribution < -0.4 is 10.2 Å². The van der Waals surface area contributed by atoms with Crippen molar-refractivity contribution in [3.63, 3.8) is 0 Å². The van der Waals surface area contributed by atoms with E-state index in [1.165, 1.54) is 38.6 Å². The summed E-state index contributed by atoms with van der Waals surface area (Å²) in [5.41, 5.74) is 3.01. The van der Waals surface area contributed by atoms with Crippen LogP contribution in [0.25, 0.3) is 0 Å². The summed E-state index contributed by atoms with van der Waals surface area (Å²) in [6.07, 6.45) is 1.42. The predicted octanol–water partition coefficient (Wildman–Crippen LogP) is 2.77. The van der Waals surface area contributed by atoms with Crippen LogP contribution in [0.2, 0.25) is 10.0 Å². The third kappa shape index (κ3) is 5.67. The lowest BCUT2D eigenvalue weighted by Gasteiger charge is -2.16. The molecule has 0 unspecified atom stereocenters. The van der Waals surface area contributed by atoms with Crippen LogP contribution in [0.15, 0.2) is 52.5 Å². The van der Waals surface area contributed by atoms with E-state index in [4.69, 9.17) is 27.9 Å². The number of hydrazone groups is 1. The van der Waals surface area contributed by atoms with Crippen molar-refractivity contribution in [2.24, 2.45) is 5.10 Å².